The zero-order chi connectivity index (χ0) is 17.1. The van der Waals surface area contributed by atoms with Crippen LogP contribution in [0.3, 0.4) is 0 Å². The number of piperazine rings is 1. The fraction of sp³-hybridized carbons (Fsp3) is 0.750. The van der Waals surface area contributed by atoms with Gasteiger partial charge in [-0.15, -0.1) is 5.10 Å². The molecule has 136 valence electrons. The number of hydrogen-bond acceptors (Lipinski definition) is 4. The van der Waals surface area contributed by atoms with E-state index in [9.17, 15) is 4.79 Å². The SMILES string of the molecule is O=C(CCC1CCCCC1)N1CCN(c2cc3c(nn2)CCC3)CC1. The molecule has 5 nitrogen and oxygen atoms in total. The van der Waals surface area contributed by atoms with Gasteiger partial charge in [-0.25, -0.2) is 0 Å². The van der Waals surface area contributed by atoms with Crippen molar-refractivity contribution in [3.05, 3.63) is 17.3 Å². The lowest BCUT2D eigenvalue weighted by Gasteiger charge is -2.35. The third-order valence-electron chi connectivity index (χ3n) is 6.25. The molecule has 1 aromatic heterocycles. The van der Waals surface area contributed by atoms with Crippen LogP contribution < -0.4 is 4.90 Å². The van der Waals surface area contributed by atoms with E-state index < -0.39 is 0 Å². The molecule has 0 unspecified atom stereocenters. The smallest absolute Gasteiger partial charge is 0.222 e. The van der Waals surface area contributed by atoms with Crippen LogP contribution in [-0.2, 0) is 17.6 Å². The van der Waals surface area contributed by atoms with E-state index in [1.54, 1.807) is 0 Å². The Morgan fingerprint density at radius 1 is 1.00 bits per heavy atom. The average Bonchev–Trinajstić information content (AvgIpc) is 3.15. The number of aromatic nitrogens is 2. The van der Waals surface area contributed by atoms with E-state index in [1.807, 2.05) is 0 Å². The molecule has 0 N–H and O–H groups in total. The first-order valence-electron chi connectivity index (χ1n) is 10.2. The third kappa shape index (κ3) is 3.96. The molecule has 25 heavy (non-hydrogen) atoms. The Morgan fingerprint density at radius 3 is 2.60 bits per heavy atom. The molecule has 1 amide bonds. The van der Waals surface area contributed by atoms with Gasteiger partial charge in [0, 0.05) is 32.6 Å². The highest BCUT2D eigenvalue weighted by Crippen LogP contribution is 2.28. The first kappa shape index (κ1) is 16.8. The maximum Gasteiger partial charge on any atom is 0.222 e. The van der Waals surface area contributed by atoms with Gasteiger partial charge in [0.2, 0.25) is 5.91 Å². The summed E-state index contributed by atoms with van der Waals surface area (Å²) in [5, 5.41) is 8.81. The highest BCUT2D eigenvalue weighted by Gasteiger charge is 2.24. The molecule has 1 saturated carbocycles. The maximum absolute atomic E-state index is 12.5. The topological polar surface area (TPSA) is 49.3 Å². The zero-order valence-electron chi connectivity index (χ0n) is 15.3. The van der Waals surface area contributed by atoms with Crippen molar-refractivity contribution >= 4 is 11.7 Å². The van der Waals surface area contributed by atoms with Gasteiger partial charge < -0.3 is 9.80 Å². The Kier molecular flexibility index (Phi) is 5.18. The van der Waals surface area contributed by atoms with E-state index in [0.29, 0.717) is 5.91 Å². The highest BCUT2D eigenvalue weighted by molar-refractivity contribution is 5.76. The van der Waals surface area contributed by atoms with Crippen LogP contribution in [0.4, 0.5) is 5.82 Å². The predicted octanol–water partition coefficient (Wildman–Crippen LogP) is 2.97. The molecule has 4 rings (SSSR count). The first-order chi connectivity index (χ1) is 12.3. The van der Waals surface area contributed by atoms with Crippen molar-refractivity contribution in [3.63, 3.8) is 0 Å². The van der Waals surface area contributed by atoms with E-state index in [-0.39, 0.29) is 0 Å². The Hall–Kier alpha value is -1.65. The normalized spacial score (nSPS) is 21.4. The number of fused-ring (bicyclic) bond motifs is 1. The van der Waals surface area contributed by atoms with Gasteiger partial charge in [-0.1, -0.05) is 32.1 Å². The molecule has 2 heterocycles. The van der Waals surface area contributed by atoms with Gasteiger partial charge in [0.05, 0.1) is 5.69 Å². The minimum atomic E-state index is 0.352. The van der Waals surface area contributed by atoms with Crippen molar-refractivity contribution in [2.45, 2.75) is 64.2 Å². The van der Waals surface area contributed by atoms with Crippen LogP contribution in [0.25, 0.3) is 0 Å². The van der Waals surface area contributed by atoms with Gasteiger partial charge in [-0.3, -0.25) is 4.79 Å². The summed E-state index contributed by atoms with van der Waals surface area (Å²) in [6.45, 7) is 3.40. The van der Waals surface area contributed by atoms with E-state index in [4.69, 9.17) is 0 Å². The summed E-state index contributed by atoms with van der Waals surface area (Å²) >= 11 is 0. The second-order valence-corrected chi connectivity index (χ2v) is 7.94. The fourth-order valence-electron chi connectivity index (χ4n) is 4.62. The fourth-order valence-corrected chi connectivity index (χ4v) is 4.62. The van der Waals surface area contributed by atoms with Gasteiger partial charge in [0.15, 0.2) is 5.82 Å². The molecule has 0 aromatic carbocycles. The number of nitrogens with zero attached hydrogens (tertiary/aromatic N) is 4. The Morgan fingerprint density at radius 2 is 1.80 bits per heavy atom. The number of carbonyl (C=O) groups is 1. The number of carbonyl (C=O) groups excluding carboxylic acids is 1. The van der Waals surface area contributed by atoms with Crippen molar-refractivity contribution in [3.8, 4) is 0 Å². The summed E-state index contributed by atoms with van der Waals surface area (Å²) in [6.07, 6.45) is 12.0. The van der Waals surface area contributed by atoms with Crippen molar-refractivity contribution < 1.29 is 4.79 Å². The minimum Gasteiger partial charge on any atom is -0.352 e. The minimum absolute atomic E-state index is 0.352. The Labute approximate surface area is 150 Å². The molecule has 0 atom stereocenters. The Balaban J connectivity index is 1.25. The number of hydrogen-bond donors (Lipinski definition) is 0. The molecule has 2 aliphatic carbocycles. The van der Waals surface area contributed by atoms with Crippen LogP contribution in [-0.4, -0.2) is 47.2 Å². The molecule has 1 aliphatic heterocycles. The van der Waals surface area contributed by atoms with E-state index in [1.165, 1.54) is 49.8 Å². The lowest BCUT2D eigenvalue weighted by atomic mass is 9.86. The summed E-state index contributed by atoms with van der Waals surface area (Å²) in [5.41, 5.74) is 2.55. The number of amides is 1. The number of anilines is 1. The predicted molar refractivity (Wildman–Crippen MR) is 98.7 cm³/mol. The van der Waals surface area contributed by atoms with Crippen LogP contribution in [0.15, 0.2) is 6.07 Å². The van der Waals surface area contributed by atoms with Crippen molar-refractivity contribution in [1.29, 1.82) is 0 Å². The molecular formula is C20H30N4O. The summed E-state index contributed by atoms with van der Waals surface area (Å²) in [7, 11) is 0. The molecule has 0 radical (unpaired) electrons. The Bertz CT molecular complexity index is 604. The standard InChI is InChI=1S/C20H30N4O/c25-20(10-9-16-5-2-1-3-6-16)24-13-11-23(12-14-24)19-15-17-7-4-8-18(17)21-22-19/h15-16H,1-14H2. The van der Waals surface area contributed by atoms with Gasteiger partial charge in [0.25, 0.3) is 0 Å². The summed E-state index contributed by atoms with van der Waals surface area (Å²) < 4.78 is 0. The van der Waals surface area contributed by atoms with E-state index in [2.05, 4.69) is 26.1 Å². The first-order valence-corrected chi connectivity index (χ1v) is 10.2. The van der Waals surface area contributed by atoms with Crippen LogP contribution in [0.1, 0.15) is 62.6 Å². The second-order valence-electron chi connectivity index (χ2n) is 7.94. The van der Waals surface area contributed by atoms with Crippen molar-refractivity contribution in [2.75, 3.05) is 31.1 Å². The third-order valence-corrected chi connectivity index (χ3v) is 6.25. The zero-order valence-corrected chi connectivity index (χ0v) is 15.3. The molecule has 2 fully saturated rings. The molecule has 3 aliphatic rings. The average molecular weight is 342 g/mol. The lowest BCUT2D eigenvalue weighted by molar-refractivity contribution is -0.131. The van der Waals surface area contributed by atoms with E-state index in [0.717, 1.165) is 63.6 Å². The van der Waals surface area contributed by atoms with Crippen LogP contribution in [0.2, 0.25) is 0 Å². The second kappa shape index (κ2) is 7.71. The van der Waals surface area contributed by atoms with Crippen LogP contribution >= 0.6 is 0 Å². The molecule has 0 bridgehead atoms. The summed E-state index contributed by atoms with van der Waals surface area (Å²) in [4.78, 5) is 16.9. The van der Waals surface area contributed by atoms with Gasteiger partial charge in [-0.05, 0) is 43.2 Å². The summed E-state index contributed by atoms with van der Waals surface area (Å²) in [6, 6.07) is 2.22. The van der Waals surface area contributed by atoms with Gasteiger partial charge >= 0.3 is 0 Å². The van der Waals surface area contributed by atoms with Crippen molar-refractivity contribution in [1.82, 2.24) is 15.1 Å². The quantitative estimate of drug-likeness (QED) is 0.844. The molecule has 1 aromatic rings. The van der Waals surface area contributed by atoms with Gasteiger partial charge in [-0.2, -0.15) is 5.10 Å². The number of rotatable bonds is 4. The monoisotopic (exact) mass is 342 g/mol. The lowest BCUT2D eigenvalue weighted by Crippen LogP contribution is -2.49. The van der Waals surface area contributed by atoms with Crippen LogP contribution in [0, 0.1) is 5.92 Å². The highest BCUT2D eigenvalue weighted by atomic mass is 16.2. The van der Waals surface area contributed by atoms with Crippen LogP contribution in [0.5, 0.6) is 0 Å². The molecule has 0 spiro atoms. The number of aryl methyl sites for hydroxylation is 2. The van der Waals surface area contributed by atoms with Crippen molar-refractivity contribution in [2.24, 2.45) is 5.92 Å². The summed E-state index contributed by atoms with van der Waals surface area (Å²) in [5.74, 6) is 2.14. The molecule has 5 heteroatoms. The van der Waals surface area contributed by atoms with Gasteiger partial charge in [0.1, 0.15) is 0 Å². The maximum atomic E-state index is 12.5. The molecular weight excluding hydrogens is 312 g/mol. The largest absolute Gasteiger partial charge is 0.352 e. The van der Waals surface area contributed by atoms with E-state index >= 15 is 0 Å². The molecule has 1 saturated heterocycles.